The van der Waals surface area contributed by atoms with Crippen molar-refractivity contribution >= 4 is 22.6 Å². The highest BCUT2D eigenvalue weighted by molar-refractivity contribution is 6.30. The molecule has 1 unspecified atom stereocenters. The van der Waals surface area contributed by atoms with Gasteiger partial charge in [0.05, 0.1) is 17.6 Å². The molecule has 0 saturated carbocycles. The van der Waals surface area contributed by atoms with Gasteiger partial charge in [-0.15, -0.1) is 0 Å². The van der Waals surface area contributed by atoms with Crippen LogP contribution in [0.15, 0.2) is 48.5 Å². The van der Waals surface area contributed by atoms with E-state index in [1.165, 1.54) is 5.56 Å². The number of aryl methyl sites for hydroxylation is 1. The van der Waals surface area contributed by atoms with Gasteiger partial charge in [-0.25, -0.2) is 4.98 Å². The molecule has 4 heteroatoms. The molecule has 0 spiro atoms. The van der Waals surface area contributed by atoms with Gasteiger partial charge in [0.2, 0.25) is 0 Å². The Labute approximate surface area is 129 Å². The smallest absolute Gasteiger partial charge is 0.123 e. The van der Waals surface area contributed by atoms with E-state index in [0.717, 1.165) is 28.4 Å². The number of benzene rings is 2. The monoisotopic (exact) mass is 299 g/mol. The van der Waals surface area contributed by atoms with E-state index in [1.54, 1.807) is 0 Å². The molecule has 0 aliphatic heterocycles. The van der Waals surface area contributed by atoms with E-state index in [2.05, 4.69) is 47.0 Å². The number of aromatic nitrogens is 2. The molecule has 0 saturated heterocycles. The SMILES string of the molecule is CC(NCc1nc2ccccc2n1C)c1ccc(Cl)cc1. The summed E-state index contributed by atoms with van der Waals surface area (Å²) < 4.78 is 2.14. The maximum absolute atomic E-state index is 5.92. The molecule has 0 amide bonds. The summed E-state index contributed by atoms with van der Waals surface area (Å²) in [5, 5.41) is 4.28. The highest BCUT2D eigenvalue weighted by Gasteiger charge is 2.09. The predicted molar refractivity (Wildman–Crippen MR) is 87.4 cm³/mol. The Hall–Kier alpha value is -1.84. The lowest BCUT2D eigenvalue weighted by molar-refractivity contribution is 0.551. The molecule has 108 valence electrons. The summed E-state index contributed by atoms with van der Waals surface area (Å²) in [5.41, 5.74) is 3.42. The molecule has 1 atom stereocenters. The summed E-state index contributed by atoms with van der Waals surface area (Å²) in [7, 11) is 2.05. The number of halogens is 1. The average molecular weight is 300 g/mol. The molecule has 1 heterocycles. The fraction of sp³-hybridized carbons (Fsp3) is 0.235. The van der Waals surface area contributed by atoms with Crippen LogP contribution in [0.1, 0.15) is 24.4 Å². The predicted octanol–water partition coefficient (Wildman–Crippen LogP) is 4.08. The van der Waals surface area contributed by atoms with E-state index >= 15 is 0 Å². The van der Waals surface area contributed by atoms with E-state index < -0.39 is 0 Å². The zero-order valence-electron chi connectivity index (χ0n) is 12.2. The van der Waals surface area contributed by atoms with Crippen molar-refractivity contribution in [3.8, 4) is 0 Å². The van der Waals surface area contributed by atoms with Crippen molar-refractivity contribution < 1.29 is 0 Å². The van der Waals surface area contributed by atoms with Crippen LogP contribution < -0.4 is 5.32 Å². The molecule has 3 aromatic rings. The van der Waals surface area contributed by atoms with Crippen LogP contribution in [0.2, 0.25) is 5.02 Å². The third-order valence-corrected chi connectivity index (χ3v) is 4.07. The number of rotatable bonds is 4. The maximum atomic E-state index is 5.92. The van der Waals surface area contributed by atoms with Crippen molar-refractivity contribution in [2.45, 2.75) is 19.5 Å². The van der Waals surface area contributed by atoms with Crippen molar-refractivity contribution in [1.82, 2.24) is 14.9 Å². The number of imidazole rings is 1. The number of nitrogens with one attached hydrogen (secondary N) is 1. The van der Waals surface area contributed by atoms with Crippen LogP contribution in [0, 0.1) is 0 Å². The fourth-order valence-electron chi connectivity index (χ4n) is 2.47. The van der Waals surface area contributed by atoms with E-state index in [-0.39, 0.29) is 6.04 Å². The van der Waals surface area contributed by atoms with Crippen molar-refractivity contribution in [1.29, 1.82) is 0 Å². The quantitative estimate of drug-likeness (QED) is 0.787. The van der Waals surface area contributed by atoms with Gasteiger partial charge < -0.3 is 9.88 Å². The van der Waals surface area contributed by atoms with Crippen molar-refractivity contribution in [2.24, 2.45) is 7.05 Å². The zero-order chi connectivity index (χ0) is 14.8. The van der Waals surface area contributed by atoms with Crippen molar-refractivity contribution in [2.75, 3.05) is 0 Å². The van der Waals surface area contributed by atoms with Gasteiger partial charge in [-0.3, -0.25) is 0 Å². The van der Waals surface area contributed by atoms with E-state index in [1.807, 2.05) is 30.3 Å². The Bertz CT molecular complexity index is 746. The van der Waals surface area contributed by atoms with Gasteiger partial charge in [0.25, 0.3) is 0 Å². The second-order valence-electron chi connectivity index (χ2n) is 5.23. The summed E-state index contributed by atoms with van der Waals surface area (Å²) in [6, 6.07) is 16.4. The summed E-state index contributed by atoms with van der Waals surface area (Å²) in [5.74, 6) is 1.04. The lowest BCUT2D eigenvalue weighted by Crippen LogP contribution is -2.20. The van der Waals surface area contributed by atoms with Gasteiger partial charge >= 0.3 is 0 Å². The van der Waals surface area contributed by atoms with Gasteiger partial charge in [-0.2, -0.15) is 0 Å². The highest BCUT2D eigenvalue weighted by Crippen LogP contribution is 2.18. The molecule has 1 aromatic heterocycles. The van der Waals surface area contributed by atoms with Crippen molar-refractivity contribution in [3.63, 3.8) is 0 Å². The minimum absolute atomic E-state index is 0.252. The van der Waals surface area contributed by atoms with Crippen LogP contribution in [0.25, 0.3) is 11.0 Å². The number of para-hydroxylation sites is 2. The first-order valence-electron chi connectivity index (χ1n) is 7.04. The Morgan fingerprint density at radius 2 is 1.86 bits per heavy atom. The standard InChI is InChI=1S/C17H18ClN3/c1-12(13-7-9-14(18)10-8-13)19-11-17-20-15-5-3-4-6-16(15)21(17)2/h3-10,12,19H,11H2,1-2H3. The fourth-order valence-corrected chi connectivity index (χ4v) is 2.59. The van der Waals surface area contributed by atoms with Crippen LogP contribution in [-0.2, 0) is 13.6 Å². The minimum Gasteiger partial charge on any atom is -0.330 e. The number of hydrogen-bond donors (Lipinski definition) is 1. The summed E-state index contributed by atoms with van der Waals surface area (Å²) in [6.45, 7) is 2.88. The molecule has 0 fully saturated rings. The average Bonchev–Trinajstić information content (AvgIpc) is 2.82. The Morgan fingerprint density at radius 3 is 2.57 bits per heavy atom. The molecule has 0 aliphatic rings. The molecule has 21 heavy (non-hydrogen) atoms. The summed E-state index contributed by atoms with van der Waals surface area (Å²) in [6.07, 6.45) is 0. The molecular weight excluding hydrogens is 282 g/mol. The largest absolute Gasteiger partial charge is 0.330 e. The molecule has 1 N–H and O–H groups in total. The second kappa shape index (κ2) is 5.88. The summed E-state index contributed by atoms with van der Waals surface area (Å²) in [4.78, 5) is 4.67. The van der Waals surface area contributed by atoms with E-state index in [9.17, 15) is 0 Å². The first-order chi connectivity index (χ1) is 10.1. The molecule has 3 rings (SSSR count). The van der Waals surface area contributed by atoms with Crippen LogP contribution in [0.3, 0.4) is 0 Å². The lowest BCUT2D eigenvalue weighted by atomic mass is 10.1. The summed E-state index contributed by atoms with van der Waals surface area (Å²) >= 11 is 5.92. The second-order valence-corrected chi connectivity index (χ2v) is 5.67. The Balaban J connectivity index is 1.74. The third-order valence-electron chi connectivity index (χ3n) is 3.82. The van der Waals surface area contributed by atoms with Gasteiger partial charge in [-0.1, -0.05) is 35.9 Å². The number of fused-ring (bicyclic) bond motifs is 1. The van der Waals surface area contributed by atoms with Crippen LogP contribution in [-0.4, -0.2) is 9.55 Å². The lowest BCUT2D eigenvalue weighted by Gasteiger charge is -2.14. The highest BCUT2D eigenvalue weighted by atomic mass is 35.5. The normalized spacial score (nSPS) is 12.7. The molecule has 3 nitrogen and oxygen atoms in total. The first-order valence-corrected chi connectivity index (χ1v) is 7.42. The van der Waals surface area contributed by atoms with Crippen LogP contribution >= 0.6 is 11.6 Å². The van der Waals surface area contributed by atoms with E-state index in [4.69, 9.17) is 11.6 Å². The number of hydrogen-bond acceptors (Lipinski definition) is 2. The van der Waals surface area contributed by atoms with Crippen LogP contribution in [0.4, 0.5) is 0 Å². The first kappa shape index (κ1) is 14.1. The van der Waals surface area contributed by atoms with Crippen molar-refractivity contribution in [3.05, 3.63) is 64.9 Å². The Morgan fingerprint density at radius 1 is 1.14 bits per heavy atom. The van der Waals surface area contributed by atoms with E-state index in [0.29, 0.717) is 0 Å². The van der Waals surface area contributed by atoms with Gasteiger partial charge in [0.15, 0.2) is 0 Å². The molecule has 0 aliphatic carbocycles. The Kier molecular flexibility index (Phi) is 3.95. The topological polar surface area (TPSA) is 29.9 Å². The third kappa shape index (κ3) is 2.94. The van der Waals surface area contributed by atoms with Gasteiger partial charge in [0.1, 0.15) is 5.82 Å². The van der Waals surface area contributed by atoms with Gasteiger partial charge in [-0.05, 0) is 36.8 Å². The minimum atomic E-state index is 0.252. The number of nitrogens with zero attached hydrogens (tertiary/aromatic N) is 2. The zero-order valence-corrected chi connectivity index (χ0v) is 12.9. The molecule has 0 bridgehead atoms. The molecule has 2 aromatic carbocycles. The molecular formula is C17H18ClN3. The van der Waals surface area contributed by atoms with Crippen LogP contribution in [0.5, 0.6) is 0 Å². The maximum Gasteiger partial charge on any atom is 0.123 e. The van der Waals surface area contributed by atoms with Gasteiger partial charge in [0, 0.05) is 18.1 Å². The molecule has 0 radical (unpaired) electrons.